The number of thiophene rings is 1. The summed E-state index contributed by atoms with van der Waals surface area (Å²) in [5, 5.41) is 8.29. The summed E-state index contributed by atoms with van der Waals surface area (Å²) < 4.78 is 5.88. The van der Waals surface area contributed by atoms with Crippen LogP contribution < -0.4 is 10.6 Å². The van der Waals surface area contributed by atoms with Gasteiger partial charge in [0.2, 0.25) is 0 Å². The number of methoxy groups -OCH3 is 1. The van der Waals surface area contributed by atoms with E-state index in [2.05, 4.69) is 15.6 Å². The second-order valence-corrected chi connectivity index (χ2v) is 8.79. The molecule has 0 fully saturated rings. The summed E-state index contributed by atoms with van der Waals surface area (Å²) in [6.07, 6.45) is 0. The molecule has 4 aromatic rings. The molecule has 2 aromatic carbocycles. The van der Waals surface area contributed by atoms with Gasteiger partial charge in [-0.3, -0.25) is 0 Å². The average molecular weight is 460 g/mol. The number of ether oxygens (including phenoxy) is 1. The van der Waals surface area contributed by atoms with Crippen molar-refractivity contribution in [1.29, 1.82) is 0 Å². The van der Waals surface area contributed by atoms with Crippen LogP contribution >= 0.6 is 46.5 Å². The van der Waals surface area contributed by atoms with Crippen molar-refractivity contribution in [2.24, 2.45) is 0 Å². The van der Waals surface area contributed by atoms with E-state index in [0.29, 0.717) is 25.8 Å². The molecule has 0 spiro atoms. The number of nitrogens with one attached hydrogen (secondary N) is 2. The molecule has 0 amide bonds. The largest absolute Gasteiger partial charge is 0.465 e. The Morgan fingerprint density at radius 1 is 1.10 bits per heavy atom. The standard InChI is InChI=1S/C20H14ClN3O2S3/c1-26-18(25)12-10-15(11-6-3-2-4-7-11)28-17(12)23-19(27)24-20-22-16-13(21)8-5-9-14(16)29-20/h2-10H,1H3,(H2,22,23,24,27). The summed E-state index contributed by atoms with van der Waals surface area (Å²) in [5.74, 6) is -0.430. The predicted molar refractivity (Wildman–Crippen MR) is 126 cm³/mol. The second-order valence-electron chi connectivity index (χ2n) is 5.90. The number of carbonyl (C=O) groups excluding carboxylic acids is 1. The fourth-order valence-corrected chi connectivity index (χ4v) is 5.24. The highest BCUT2D eigenvalue weighted by Crippen LogP contribution is 2.36. The summed E-state index contributed by atoms with van der Waals surface area (Å²) in [6.45, 7) is 0. The number of anilines is 2. The molecule has 0 atom stereocenters. The van der Waals surface area contributed by atoms with Crippen LogP contribution in [-0.4, -0.2) is 23.2 Å². The molecule has 0 radical (unpaired) electrons. The Labute approximate surface area is 185 Å². The van der Waals surface area contributed by atoms with E-state index in [0.717, 1.165) is 20.7 Å². The molecule has 146 valence electrons. The Morgan fingerprint density at radius 3 is 2.62 bits per heavy atom. The topological polar surface area (TPSA) is 63.2 Å². The molecule has 0 aliphatic carbocycles. The van der Waals surface area contributed by atoms with Gasteiger partial charge in [0.1, 0.15) is 10.5 Å². The number of halogens is 1. The monoisotopic (exact) mass is 459 g/mol. The molecule has 0 aliphatic heterocycles. The third-order valence-electron chi connectivity index (χ3n) is 4.01. The van der Waals surface area contributed by atoms with Crippen LogP contribution in [-0.2, 0) is 4.74 Å². The maximum Gasteiger partial charge on any atom is 0.340 e. The summed E-state index contributed by atoms with van der Waals surface area (Å²) in [6, 6.07) is 17.2. The van der Waals surface area contributed by atoms with Crippen molar-refractivity contribution in [3.63, 3.8) is 0 Å². The summed E-state index contributed by atoms with van der Waals surface area (Å²) in [7, 11) is 1.35. The molecular formula is C20H14ClN3O2S3. The van der Waals surface area contributed by atoms with Gasteiger partial charge in [-0.25, -0.2) is 9.78 Å². The first kappa shape index (κ1) is 19.8. The molecule has 2 heterocycles. The van der Waals surface area contributed by atoms with Gasteiger partial charge in [0.05, 0.1) is 22.4 Å². The Bertz CT molecular complexity index is 1200. The van der Waals surface area contributed by atoms with Crippen molar-refractivity contribution in [1.82, 2.24) is 4.98 Å². The van der Waals surface area contributed by atoms with Gasteiger partial charge >= 0.3 is 5.97 Å². The number of nitrogens with zero attached hydrogens (tertiary/aromatic N) is 1. The van der Waals surface area contributed by atoms with Gasteiger partial charge in [0.15, 0.2) is 10.2 Å². The fourth-order valence-electron chi connectivity index (χ4n) is 2.69. The normalized spacial score (nSPS) is 10.7. The Kier molecular flexibility index (Phi) is 5.77. The average Bonchev–Trinajstić information content (AvgIpc) is 3.33. The van der Waals surface area contributed by atoms with Gasteiger partial charge in [0, 0.05) is 4.88 Å². The van der Waals surface area contributed by atoms with Gasteiger partial charge < -0.3 is 15.4 Å². The molecule has 29 heavy (non-hydrogen) atoms. The third kappa shape index (κ3) is 4.25. The highest BCUT2D eigenvalue weighted by atomic mass is 35.5. The van der Waals surface area contributed by atoms with E-state index in [9.17, 15) is 4.79 Å². The lowest BCUT2D eigenvalue weighted by Gasteiger charge is -2.08. The molecule has 9 heteroatoms. The minimum atomic E-state index is -0.430. The first-order valence-electron chi connectivity index (χ1n) is 8.46. The van der Waals surface area contributed by atoms with Crippen molar-refractivity contribution in [2.75, 3.05) is 17.7 Å². The lowest BCUT2D eigenvalue weighted by atomic mass is 10.1. The van der Waals surface area contributed by atoms with Crippen LogP contribution in [0.3, 0.4) is 0 Å². The molecule has 0 aliphatic rings. The van der Waals surface area contributed by atoms with Crippen LogP contribution in [0.15, 0.2) is 54.6 Å². The zero-order valence-corrected chi connectivity index (χ0v) is 18.3. The van der Waals surface area contributed by atoms with Crippen LogP contribution in [0.1, 0.15) is 10.4 Å². The van der Waals surface area contributed by atoms with E-state index < -0.39 is 5.97 Å². The number of thiocarbonyl (C=S) groups is 1. The van der Waals surface area contributed by atoms with E-state index in [1.807, 2.05) is 42.5 Å². The summed E-state index contributed by atoms with van der Waals surface area (Å²) in [4.78, 5) is 17.6. The first-order chi connectivity index (χ1) is 14.0. The lowest BCUT2D eigenvalue weighted by molar-refractivity contribution is 0.0602. The molecule has 2 aromatic heterocycles. The number of esters is 1. The van der Waals surface area contributed by atoms with E-state index in [4.69, 9.17) is 28.6 Å². The number of thiazole rings is 1. The van der Waals surface area contributed by atoms with Crippen molar-refractivity contribution in [3.05, 3.63) is 65.2 Å². The van der Waals surface area contributed by atoms with Gasteiger partial charge in [-0.2, -0.15) is 0 Å². The van der Waals surface area contributed by atoms with Crippen LogP contribution in [0, 0.1) is 0 Å². The molecule has 4 rings (SSSR count). The van der Waals surface area contributed by atoms with Gasteiger partial charge in [-0.1, -0.05) is 59.3 Å². The van der Waals surface area contributed by atoms with E-state index in [1.165, 1.54) is 29.8 Å². The number of rotatable bonds is 4. The molecule has 0 bridgehead atoms. The minimum Gasteiger partial charge on any atom is -0.465 e. The maximum atomic E-state index is 12.2. The molecule has 0 saturated heterocycles. The number of hydrogen-bond donors (Lipinski definition) is 2. The number of hydrogen-bond acceptors (Lipinski definition) is 6. The van der Waals surface area contributed by atoms with Gasteiger partial charge in [0.25, 0.3) is 0 Å². The van der Waals surface area contributed by atoms with Crippen molar-refractivity contribution < 1.29 is 9.53 Å². The smallest absolute Gasteiger partial charge is 0.340 e. The van der Waals surface area contributed by atoms with Crippen molar-refractivity contribution in [3.8, 4) is 10.4 Å². The van der Waals surface area contributed by atoms with E-state index >= 15 is 0 Å². The van der Waals surface area contributed by atoms with Crippen LogP contribution in [0.2, 0.25) is 5.02 Å². The summed E-state index contributed by atoms with van der Waals surface area (Å²) >= 11 is 14.5. The van der Waals surface area contributed by atoms with Crippen LogP contribution in [0.25, 0.3) is 20.7 Å². The zero-order valence-electron chi connectivity index (χ0n) is 15.1. The maximum absolute atomic E-state index is 12.2. The zero-order chi connectivity index (χ0) is 20.4. The fraction of sp³-hybridized carbons (Fsp3) is 0.0500. The number of para-hydroxylation sites is 1. The number of aromatic nitrogens is 1. The highest BCUT2D eigenvalue weighted by molar-refractivity contribution is 7.80. The molecular weight excluding hydrogens is 446 g/mol. The predicted octanol–water partition coefficient (Wildman–Crippen LogP) is 6.27. The molecule has 0 unspecified atom stereocenters. The van der Waals surface area contributed by atoms with Crippen LogP contribution in [0.5, 0.6) is 0 Å². The van der Waals surface area contributed by atoms with Gasteiger partial charge in [-0.05, 0) is 36.0 Å². The first-order valence-corrected chi connectivity index (χ1v) is 10.9. The Balaban J connectivity index is 1.58. The number of fused-ring (bicyclic) bond motifs is 1. The Morgan fingerprint density at radius 2 is 1.90 bits per heavy atom. The number of benzene rings is 2. The molecule has 2 N–H and O–H groups in total. The quantitative estimate of drug-likeness (QED) is 0.277. The molecule has 0 saturated carbocycles. The van der Waals surface area contributed by atoms with Crippen LogP contribution in [0.4, 0.5) is 10.1 Å². The van der Waals surface area contributed by atoms with E-state index in [1.54, 1.807) is 12.1 Å². The van der Waals surface area contributed by atoms with E-state index in [-0.39, 0.29) is 0 Å². The highest BCUT2D eigenvalue weighted by Gasteiger charge is 2.19. The van der Waals surface area contributed by atoms with Gasteiger partial charge in [-0.15, -0.1) is 11.3 Å². The second kappa shape index (κ2) is 8.46. The SMILES string of the molecule is COC(=O)c1cc(-c2ccccc2)sc1NC(=S)Nc1nc2c(Cl)cccc2s1. The summed E-state index contributed by atoms with van der Waals surface area (Å²) in [5.41, 5.74) is 2.16. The van der Waals surface area contributed by atoms with Crippen molar-refractivity contribution >= 4 is 77.9 Å². The number of carbonyl (C=O) groups is 1. The molecule has 5 nitrogen and oxygen atoms in total. The third-order valence-corrected chi connectivity index (χ3v) is 6.56. The minimum absolute atomic E-state index is 0.326. The lowest BCUT2D eigenvalue weighted by Crippen LogP contribution is -2.19. The Hall–Kier alpha value is -2.52. The van der Waals surface area contributed by atoms with Crippen molar-refractivity contribution in [2.45, 2.75) is 0 Å².